The minimum Gasteiger partial charge on any atom is -0.485 e. The third-order valence-corrected chi connectivity index (χ3v) is 9.77. The number of unbranched alkanes of at least 4 members (excludes halogenated alkanes) is 1. The van der Waals surface area contributed by atoms with Gasteiger partial charge in [-0.05, 0) is 70.0 Å². The number of imidazole rings is 1. The van der Waals surface area contributed by atoms with Crippen LogP contribution in [0.4, 0.5) is 0 Å². The van der Waals surface area contributed by atoms with E-state index in [1.165, 1.54) is 0 Å². The maximum Gasteiger partial charge on any atom is 0.271 e. The number of H-pyrrole nitrogens is 1. The minimum atomic E-state index is -0.243. The van der Waals surface area contributed by atoms with E-state index >= 15 is 0 Å². The van der Waals surface area contributed by atoms with Crippen LogP contribution in [0.1, 0.15) is 64.8 Å². The van der Waals surface area contributed by atoms with Gasteiger partial charge in [0.1, 0.15) is 24.7 Å². The molecule has 2 N–H and O–H groups in total. The second kappa shape index (κ2) is 18.9. The van der Waals surface area contributed by atoms with Crippen LogP contribution in [0.25, 0.3) is 22.5 Å². The topological polar surface area (TPSA) is 120 Å². The molecular weight excluding hydrogens is 722 g/mol. The highest BCUT2D eigenvalue weighted by Gasteiger charge is 2.22. The van der Waals surface area contributed by atoms with Gasteiger partial charge in [0.25, 0.3) is 5.91 Å². The number of ether oxygens (including phenoxy) is 2. The monoisotopic (exact) mass is 765 g/mol. The van der Waals surface area contributed by atoms with E-state index in [1.807, 2.05) is 102 Å². The van der Waals surface area contributed by atoms with Crippen molar-refractivity contribution < 1.29 is 14.3 Å². The van der Waals surface area contributed by atoms with Crippen LogP contribution in [0.3, 0.4) is 0 Å². The molecule has 11 heteroatoms. The van der Waals surface area contributed by atoms with Crippen molar-refractivity contribution in [3.63, 3.8) is 0 Å². The molecule has 2 heterocycles. The van der Waals surface area contributed by atoms with Gasteiger partial charge in [-0.3, -0.25) is 4.79 Å². The number of aryl methyl sites for hydroxylation is 2. The maximum atomic E-state index is 13.8. The summed E-state index contributed by atoms with van der Waals surface area (Å²) in [5.74, 6) is 2.46. The van der Waals surface area contributed by atoms with Gasteiger partial charge in [-0.2, -0.15) is 5.21 Å². The Morgan fingerprint density at radius 3 is 2.07 bits per heavy atom. The first kappa shape index (κ1) is 38.0. The number of carbonyl (C=O) groups excluding carboxylic acids is 1. The number of nitrogens with one attached hydrogen (secondary N) is 2. The quantitative estimate of drug-likeness (QED) is 0.0836. The summed E-state index contributed by atoms with van der Waals surface area (Å²) >= 11 is 6.70. The van der Waals surface area contributed by atoms with Crippen LogP contribution >= 0.6 is 11.6 Å². The lowest BCUT2D eigenvalue weighted by molar-refractivity contribution is 0.0944. The van der Waals surface area contributed by atoms with Crippen molar-refractivity contribution in [2.45, 2.75) is 58.8 Å². The summed E-state index contributed by atoms with van der Waals surface area (Å²) in [5, 5.41) is 17.9. The van der Waals surface area contributed by atoms with Gasteiger partial charge < -0.3 is 19.4 Å². The van der Waals surface area contributed by atoms with Gasteiger partial charge in [-0.25, -0.2) is 4.98 Å². The summed E-state index contributed by atoms with van der Waals surface area (Å²) in [6, 6.07) is 42.4. The molecular formula is C45H44ClN7O3. The van der Waals surface area contributed by atoms with Crippen molar-refractivity contribution in [2.24, 2.45) is 0 Å². The summed E-state index contributed by atoms with van der Waals surface area (Å²) in [5.41, 5.74) is 7.54. The molecule has 2 aromatic heterocycles. The number of benzene rings is 5. The smallest absolute Gasteiger partial charge is 0.271 e. The van der Waals surface area contributed by atoms with Gasteiger partial charge in [-0.1, -0.05) is 140 Å². The highest BCUT2D eigenvalue weighted by atomic mass is 35.5. The Kier molecular flexibility index (Phi) is 12.8. The Labute approximate surface area is 331 Å². The lowest BCUT2D eigenvalue weighted by Crippen LogP contribution is -2.28. The largest absolute Gasteiger partial charge is 0.485 e. The number of aromatic amines is 1. The molecule has 0 fully saturated rings. The van der Waals surface area contributed by atoms with E-state index in [4.69, 9.17) is 21.1 Å². The fraction of sp³-hybridized carbons (Fsp3) is 0.222. The van der Waals surface area contributed by atoms with Crippen LogP contribution in [0.2, 0.25) is 5.15 Å². The van der Waals surface area contributed by atoms with Crippen LogP contribution in [0.5, 0.6) is 11.5 Å². The second-order valence-corrected chi connectivity index (χ2v) is 13.9. The first-order valence-corrected chi connectivity index (χ1v) is 19.3. The number of halogens is 1. The Morgan fingerprint density at radius 1 is 0.732 bits per heavy atom. The predicted octanol–water partition coefficient (Wildman–Crippen LogP) is 9.30. The molecule has 0 bridgehead atoms. The van der Waals surface area contributed by atoms with Gasteiger partial charge >= 0.3 is 0 Å². The summed E-state index contributed by atoms with van der Waals surface area (Å²) in [4.78, 5) is 18.4. The molecule has 10 nitrogen and oxygen atoms in total. The van der Waals surface area contributed by atoms with Gasteiger partial charge in [0.2, 0.25) is 5.82 Å². The minimum absolute atomic E-state index is 0.213. The first-order chi connectivity index (χ1) is 27.6. The lowest BCUT2D eigenvalue weighted by atomic mass is 9.98. The molecule has 56 heavy (non-hydrogen) atoms. The van der Waals surface area contributed by atoms with Crippen molar-refractivity contribution in [1.82, 2.24) is 35.5 Å². The predicted molar refractivity (Wildman–Crippen MR) is 219 cm³/mol. The van der Waals surface area contributed by atoms with E-state index in [0.717, 1.165) is 76.9 Å². The van der Waals surface area contributed by atoms with E-state index in [9.17, 15) is 4.79 Å². The molecule has 0 aliphatic rings. The van der Waals surface area contributed by atoms with Gasteiger partial charge in [0, 0.05) is 25.1 Å². The molecule has 0 radical (unpaired) electrons. The van der Waals surface area contributed by atoms with Crippen molar-refractivity contribution in [2.75, 3.05) is 6.54 Å². The number of amides is 1. The normalized spacial score (nSPS) is 11.0. The fourth-order valence-electron chi connectivity index (χ4n) is 6.55. The summed E-state index contributed by atoms with van der Waals surface area (Å²) in [7, 11) is 0. The summed E-state index contributed by atoms with van der Waals surface area (Å²) in [6.45, 7) is 3.92. The number of aromatic nitrogens is 6. The van der Waals surface area contributed by atoms with Crippen LogP contribution in [0.15, 0.2) is 127 Å². The van der Waals surface area contributed by atoms with E-state index < -0.39 is 0 Å². The maximum absolute atomic E-state index is 13.8. The van der Waals surface area contributed by atoms with Gasteiger partial charge in [0.15, 0.2) is 16.7 Å². The number of nitrogens with zero attached hydrogens (tertiary/aromatic N) is 5. The standard InChI is InChI=1S/C45H44ClN7O3/c1-2-3-20-41-48-43(46)42(53(41)29-33-21-24-36(25-22-33)37-18-10-11-19-38(37)44-49-51-52-50-44)45(54)47-27-12-17-32-23-26-39(55-30-34-13-6-4-7-14-34)40(28-32)56-31-35-15-8-5-9-16-35/h4-11,13-16,18-19,21-26,28H,2-3,12,17,20,27,29-31H2,1H3,(H,47,54)(H,49,50,51,52). The van der Waals surface area contributed by atoms with Gasteiger partial charge in [-0.15, -0.1) is 10.2 Å². The summed E-state index contributed by atoms with van der Waals surface area (Å²) < 4.78 is 14.4. The number of rotatable bonds is 18. The molecule has 0 spiro atoms. The molecule has 0 aliphatic carbocycles. The average molecular weight is 766 g/mol. The lowest BCUT2D eigenvalue weighted by Gasteiger charge is -2.15. The Balaban J connectivity index is 1.01. The first-order valence-electron chi connectivity index (χ1n) is 19.0. The average Bonchev–Trinajstić information content (AvgIpc) is 3.89. The number of hydrogen-bond acceptors (Lipinski definition) is 7. The molecule has 0 atom stereocenters. The van der Waals surface area contributed by atoms with Crippen molar-refractivity contribution in [3.8, 4) is 34.0 Å². The molecule has 0 aliphatic heterocycles. The second-order valence-electron chi connectivity index (χ2n) is 13.5. The van der Waals surface area contributed by atoms with E-state index in [2.05, 4.69) is 68.2 Å². The molecule has 0 saturated heterocycles. The number of tetrazole rings is 1. The number of hydrogen-bond donors (Lipinski definition) is 2. The molecule has 1 amide bonds. The zero-order valence-corrected chi connectivity index (χ0v) is 32.1. The highest BCUT2D eigenvalue weighted by molar-refractivity contribution is 6.32. The summed E-state index contributed by atoms with van der Waals surface area (Å²) in [6.07, 6.45) is 4.11. The third-order valence-electron chi connectivity index (χ3n) is 9.50. The molecule has 7 rings (SSSR count). The third kappa shape index (κ3) is 9.69. The van der Waals surface area contributed by atoms with Crippen LogP contribution < -0.4 is 14.8 Å². The Morgan fingerprint density at radius 2 is 1.39 bits per heavy atom. The van der Waals surface area contributed by atoms with Crippen LogP contribution in [-0.4, -0.2) is 42.6 Å². The number of carbonyl (C=O) groups is 1. The highest BCUT2D eigenvalue weighted by Crippen LogP contribution is 2.32. The fourth-order valence-corrected chi connectivity index (χ4v) is 6.83. The molecule has 5 aromatic carbocycles. The Hall–Kier alpha value is -6.26. The molecule has 0 saturated carbocycles. The van der Waals surface area contributed by atoms with Crippen molar-refractivity contribution in [3.05, 3.63) is 166 Å². The Bertz CT molecular complexity index is 2310. The van der Waals surface area contributed by atoms with E-state index in [1.54, 1.807) is 0 Å². The van der Waals surface area contributed by atoms with E-state index in [-0.39, 0.29) is 11.1 Å². The molecule has 7 aromatic rings. The SMILES string of the molecule is CCCCc1nc(Cl)c(C(=O)NCCCc2ccc(OCc3ccccc3)c(OCc3ccccc3)c2)n1Cc1ccc(-c2ccccc2-c2nn[nH]n2)cc1. The zero-order chi connectivity index (χ0) is 38.5. The van der Waals surface area contributed by atoms with Crippen molar-refractivity contribution in [1.29, 1.82) is 0 Å². The van der Waals surface area contributed by atoms with Gasteiger partial charge in [0.05, 0.1) is 0 Å². The molecule has 284 valence electrons. The zero-order valence-electron chi connectivity index (χ0n) is 31.3. The van der Waals surface area contributed by atoms with Crippen LogP contribution in [0, 0.1) is 0 Å². The van der Waals surface area contributed by atoms with Crippen LogP contribution in [-0.2, 0) is 32.6 Å². The van der Waals surface area contributed by atoms with E-state index in [0.29, 0.717) is 49.3 Å². The van der Waals surface area contributed by atoms with Crippen molar-refractivity contribution >= 4 is 17.5 Å². The molecule has 0 unspecified atom stereocenters.